The van der Waals surface area contributed by atoms with E-state index in [1.54, 1.807) is 14.0 Å². The van der Waals surface area contributed by atoms with E-state index in [-0.39, 0.29) is 18.6 Å². The van der Waals surface area contributed by atoms with Crippen LogP contribution in [0.5, 0.6) is 0 Å². The summed E-state index contributed by atoms with van der Waals surface area (Å²) in [5, 5.41) is 0. The molecule has 1 aromatic carbocycles. The Morgan fingerprint density at radius 2 is 2.23 bits per heavy atom. The molecule has 0 bridgehead atoms. The number of hydrogen-bond donors (Lipinski definition) is 1. The number of methoxy groups -OCH3 is 1. The number of benzene rings is 1. The van der Waals surface area contributed by atoms with Gasteiger partial charge in [0.25, 0.3) is 0 Å². The lowest BCUT2D eigenvalue weighted by molar-refractivity contribution is -0.151. The molecule has 6 nitrogen and oxygen atoms in total. The van der Waals surface area contributed by atoms with Crippen molar-refractivity contribution in [3.05, 3.63) is 24.0 Å². The summed E-state index contributed by atoms with van der Waals surface area (Å²) in [6, 6.07) is 5.60. The second-order valence-corrected chi connectivity index (χ2v) is 5.33. The van der Waals surface area contributed by atoms with Crippen LogP contribution in [0.1, 0.15) is 26.1 Å². The van der Waals surface area contributed by atoms with Gasteiger partial charge in [0.05, 0.1) is 17.8 Å². The summed E-state index contributed by atoms with van der Waals surface area (Å²) in [6.45, 7) is 4.39. The molecule has 2 aromatic rings. The van der Waals surface area contributed by atoms with Gasteiger partial charge in [0.15, 0.2) is 0 Å². The molecule has 0 saturated heterocycles. The fourth-order valence-corrected chi connectivity index (χ4v) is 2.47. The first-order chi connectivity index (χ1) is 10.6. The van der Waals surface area contributed by atoms with Crippen LogP contribution in [0.4, 0.5) is 5.69 Å². The van der Waals surface area contributed by atoms with E-state index in [0.717, 1.165) is 29.7 Å². The van der Waals surface area contributed by atoms with E-state index in [9.17, 15) is 4.79 Å². The van der Waals surface area contributed by atoms with E-state index in [1.165, 1.54) is 0 Å². The van der Waals surface area contributed by atoms with Gasteiger partial charge in [-0.15, -0.1) is 0 Å². The van der Waals surface area contributed by atoms with E-state index < -0.39 is 0 Å². The number of aryl methyl sites for hydroxylation is 1. The fraction of sp³-hybridized carbons (Fsp3) is 0.500. The number of nitrogen functional groups attached to an aromatic ring is 1. The van der Waals surface area contributed by atoms with E-state index in [2.05, 4.69) is 11.9 Å². The van der Waals surface area contributed by atoms with Crippen LogP contribution < -0.4 is 5.73 Å². The molecule has 1 unspecified atom stereocenters. The molecule has 2 rings (SSSR count). The number of fused-ring (bicyclic) bond motifs is 1. The van der Waals surface area contributed by atoms with Gasteiger partial charge >= 0.3 is 5.97 Å². The number of aromatic nitrogens is 2. The number of hydrogen-bond acceptors (Lipinski definition) is 5. The third-order valence-electron chi connectivity index (χ3n) is 3.38. The van der Waals surface area contributed by atoms with Crippen LogP contribution in [-0.4, -0.2) is 35.3 Å². The van der Waals surface area contributed by atoms with Crippen molar-refractivity contribution in [2.45, 2.75) is 39.3 Å². The van der Waals surface area contributed by atoms with Crippen molar-refractivity contribution in [2.24, 2.45) is 0 Å². The van der Waals surface area contributed by atoms with E-state index in [1.807, 2.05) is 22.8 Å². The van der Waals surface area contributed by atoms with Crippen molar-refractivity contribution in [3.8, 4) is 0 Å². The summed E-state index contributed by atoms with van der Waals surface area (Å²) in [6.07, 6.45) is 1.46. The van der Waals surface area contributed by atoms with Gasteiger partial charge in [-0.25, -0.2) is 4.98 Å². The first kappa shape index (κ1) is 16.3. The summed E-state index contributed by atoms with van der Waals surface area (Å²) in [4.78, 5) is 16.7. The molecule has 0 fully saturated rings. The van der Waals surface area contributed by atoms with Gasteiger partial charge in [0.2, 0.25) is 0 Å². The zero-order chi connectivity index (χ0) is 16.1. The summed E-state index contributed by atoms with van der Waals surface area (Å²) in [5.41, 5.74) is 8.20. The van der Waals surface area contributed by atoms with Crippen LogP contribution in [0, 0.1) is 0 Å². The average Bonchev–Trinajstić information content (AvgIpc) is 2.79. The predicted molar refractivity (Wildman–Crippen MR) is 85.6 cm³/mol. The Morgan fingerprint density at radius 3 is 2.91 bits per heavy atom. The average molecular weight is 305 g/mol. The highest BCUT2D eigenvalue weighted by molar-refractivity contribution is 5.88. The van der Waals surface area contributed by atoms with E-state index in [4.69, 9.17) is 15.2 Å². The van der Waals surface area contributed by atoms with Crippen LogP contribution >= 0.6 is 0 Å². The zero-order valence-corrected chi connectivity index (χ0v) is 13.3. The molecular weight excluding hydrogens is 282 g/mol. The highest BCUT2D eigenvalue weighted by Gasteiger charge is 2.16. The minimum Gasteiger partial charge on any atom is -0.459 e. The van der Waals surface area contributed by atoms with Gasteiger partial charge in [-0.1, -0.05) is 13.0 Å². The minimum atomic E-state index is -0.302. The highest BCUT2D eigenvalue weighted by Crippen LogP contribution is 2.22. The Bertz CT molecular complexity index is 651. The second kappa shape index (κ2) is 7.26. The van der Waals surface area contributed by atoms with Crippen molar-refractivity contribution < 1.29 is 14.3 Å². The number of imidazole rings is 1. The van der Waals surface area contributed by atoms with Crippen LogP contribution in [0.3, 0.4) is 0 Å². The molecule has 2 N–H and O–H groups in total. The molecule has 6 heteroatoms. The van der Waals surface area contributed by atoms with Gasteiger partial charge in [-0.2, -0.15) is 0 Å². The number of nitrogens with two attached hydrogens (primary N) is 1. The Balaban J connectivity index is 2.27. The Morgan fingerprint density at radius 1 is 1.45 bits per heavy atom. The summed E-state index contributed by atoms with van der Waals surface area (Å²) >= 11 is 0. The van der Waals surface area contributed by atoms with Crippen LogP contribution in [0.25, 0.3) is 11.0 Å². The predicted octanol–water partition coefficient (Wildman–Crippen LogP) is 2.15. The molecule has 22 heavy (non-hydrogen) atoms. The van der Waals surface area contributed by atoms with Crippen LogP contribution in [0.15, 0.2) is 18.2 Å². The largest absolute Gasteiger partial charge is 0.459 e. The maximum absolute atomic E-state index is 12.1. The van der Waals surface area contributed by atoms with Gasteiger partial charge < -0.3 is 19.8 Å². The lowest BCUT2D eigenvalue weighted by atomic mass is 10.3. The summed E-state index contributed by atoms with van der Waals surface area (Å²) < 4.78 is 12.2. The molecule has 0 amide bonds. The van der Waals surface area contributed by atoms with Crippen molar-refractivity contribution in [3.63, 3.8) is 0 Å². The van der Waals surface area contributed by atoms with Crippen molar-refractivity contribution in [2.75, 3.05) is 19.5 Å². The first-order valence-electron chi connectivity index (χ1n) is 7.48. The second-order valence-electron chi connectivity index (χ2n) is 5.33. The molecule has 1 heterocycles. The molecule has 120 valence electrons. The smallest absolute Gasteiger partial charge is 0.326 e. The quantitative estimate of drug-likeness (QED) is 0.626. The fourth-order valence-electron chi connectivity index (χ4n) is 2.47. The third kappa shape index (κ3) is 3.57. The van der Waals surface area contributed by atoms with E-state index >= 15 is 0 Å². The monoisotopic (exact) mass is 305 g/mol. The topological polar surface area (TPSA) is 79.4 Å². The van der Waals surface area contributed by atoms with Gasteiger partial charge in [0, 0.05) is 13.5 Å². The molecule has 0 aliphatic rings. The SMILES string of the molecule is CCCc1nc2c(N)cccc2n1CC(=O)OC(C)COC. The van der Waals surface area contributed by atoms with Crippen molar-refractivity contribution >= 4 is 22.7 Å². The third-order valence-corrected chi connectivity index (χ3v) is 3.38. The van der Waals surface area contributed by atoms with Crippen molar-refractivity contribution in [1.29, 1.82) is 0 Å². The first-order valence-corrected chi connectivity index (χ1v) is 7.48. The van der Waals surface area contributed by atoms with Gasteiger partial charge in [-0.05, 0) is 25.5 Å². The number of rotatable bonds is 7. The number of carbonyl (C=O) groups is 1. The van der Waals surface area contributed by atoms with Crippen molar-refractivity contribution in [1.82, 2.24) is 9.55 Å². The van der Waals surface area contributed by atoms with Gasteiger partial charge in [-0.3, -0.25) is 4.79 Å². The van der Waals surface area contributed by atoms with E-state index in [0.29, 0.717) is 12.3 Å². The van der Waals surface area contributed by atoms with Crippen LogP contribution in [0.2, 0.25) is 0 Å². The molecule has 1 atom stereocenters. The zero-order valence-electron chi connectivity index (χ0n) is 13.3. The summed E-state index contributed by atoms with van der Waals surface area (Å²) in [5.74, 6) is 0.551. The molecule has 0 saturated carbocycles. The number of anilines is 1. The number of ether oxygens (including phenoxy) is 2. The Hall–Kier alpha value is -2.08. The maximum Gasteiger partial charge on any atom is 0.326 e. The molecule has 1 aromatic heterocycles. The number of carbonyl (C=O) groups excluding carboxylic acids is 1. The number of nitrogens with zero attached hydrogens (tertiary/aromatic N) is 2. The Labute approximate surface area is 130 Å². The standard InChI is InChI=1S/C16H23N3O3/c1-4-6-14-18-16-12(17)7-5-8-13(16)19(14)9-15(20)22-11(2)10-21-3/h5,7-8,11H,4,6,9-10,17H2,1-3H3. The maximum atomic E-state index is 12.1. The minimum absolute atomic E-state index is 0.128. The molecule has 0 spiro atoms. The molecule has 0 aliphatic heterocycles. The molecule has 0 aliphatic carbocycles. The normalized spacial score (nSPS) is 12.5. The number of esters is 1. The van der Waals surface area contributed by atoms with Crippen LogP contribution in [-0.2, 0) is 27.2 Å². The molecule has 0 radical (unpaired) electrons. The Kier molecular flexibility index (Phi) is 5.38. The van der Waals surface area contributed by atoms with Gasteiger partial charge in [0.1, 0.15) is 24.0 Å². The highest BCUT2D eigenvalue weighted by atomic mass is 16.6. The summed E-state index contributed by atoms with van der Waals surface area (Å²) in [7, 11) is 1.58. The lowest BCUT2D eigenvalue weighted by Gasteiger charge is -2.14. The number of para-hydroxylation sites is 1. The molecular formula is C16H23N3O3. The lowest BCUT2D eigenvalue weighted by Crippen LogP contribution is -2.23.